The van der Waals surface area contributed by atoms with Gasteiger partial charge in [-0.25, -0.2) is 9.59 Å². The van der Waals surface area contributed by atoms with Crippen LogP contribution in [0.4, 0.5) is 4.79 Å². The second kappa shape index (κ2) is 7.24. The number of halogens is 1. The summed E-state index contributed by atoms with van der Waals surface area (Å²) in [6, 6.07) is 10.0. The highest BCUT2D eigenvalue weighted by Crippen LogP contribution is 2.22. The number of hydrogen-bond donors (Lipinski definition) is 2. The van der Waals surface area contributed by atoms with Gasteiger partial charge in [-0.3, -0.25) is 0 Å². The molecular formula is C14H13BrN2O3S. The van der Waals surface area contributed by atoms with E-state index in [0.29, 0.717) is 12.1 Å². The molecule has 0 aliphatic rings. The van der Waals surface area contributed by atoms with E-state index < -0.39 is 6.03 Å². The zero-order valence-electron chi connectivity index (χ0n) is 11.0. The van der Waals surface area contributed by atoms with E-state index in [9.17, 15) is 9.59 Å². The zero-order valence-corrected chi connectivity index (χ0v) is 13.4. The predicted octanol–water partition coefficient (Wildman–Crippen LogP) is 3.04. The van der Waals surface area contributed by atoms with E-state index in [1.54, 1.807) is 24.3 Å². The number of urea groups is 1. The largest absolute Gasteiger partial charge is 0.456 e. The molecule has 21 heavy (non-hydrogen) atoms. The lowest BCUT2D eigenvalue weighted by molar-refractivity contribution is 0.0477. The Morgan fingerprint density at radius 1 is 1.19 bits per heavy atom. The van der Waals surface area contributed by atoms with Crippen LogP contribution in [0, 0.1) is 0 Å². The standard InChI is InChI=1S/C14H13BrN2O3S/c15-12-6-5-11(21-12)8-20-13(18)10-3-1-9(2-4-10)7-17-14(16)19/h1-6H,7-8H2,(H3,16,17,19). The van der Waals surface area contributed by atoms with Crippen LogP contribution in [0.1, 0.15) is 20.8 Å². The highest BCUT2D eigenvalue weighted by molar-refractivity contribution is 9.11. The van der Waals surface area contributed by atoms with Crippen molar-refractivity contribution < 1.29 is 14.3 Å². The average molecular weight is 369 g/mol. The van der Waals surface area contributed by atoms with Crippen LogP contribution in [-0.2, 0) is 17.9 Å². The molecule has 0 unspecified atom stereocenters. The molecule has 0 atom stereocenters. The highest BCUT2D eigenvalue weighted by Gasteiger charge is 2.08. The summed E-state index contributed by atoms with van der Waals surface area (Å²) in [6.45, 7) is 0.577. The van der Waals surface area contributed by atoms with Gasteiger partial charge < -0.3 is 15.8 Å². The smallest absolute Gasteiger partial charge is 0.338 e. The van der Waals surface area contributed by atoms with Crippen LogP contribution in [0.5, 0.6) is 0 Å². The predicted molar refractivity (Wildman–Crippen MR) is 84.0 cm³/mol. The number of hydrogen-bond acceptors (Lipinski definition) is 4. The minimum atomic E-state index is -0.583. The molecule has 0 radical (unpaired) electrons. The van der Waals surface area contributed by atoms with Gasteiger partial charge in [0.2, 0.25) is 0 Å². The van der Waals surface area contributed by atoms with E-state index in [1.165, 1.54) is 11.3 Å². The molecule has 7 heteroatoms. The number of primary amides is 1. The second-order valence-corrected chi connectivity index (χ2v) is 6.74. The molecule has 0 saturated heterocycles. The molecule has 1 aromatic carbocycles. The lowest BCUT2D eigenvalue weighted by Gasteiger charge is -2.05. The fraction of sp³-hybridized carbons (Fsp3) is 0.143. The number of benzene rings is 1. The van der Waals surface area contributed by atoms with Crippen LogP contribution in [0.2, 0.25) is 0 Å². The SMILES string of the molecule is NC(=O)NCc1ccc(C(=O)OCc2ccc(Br)s2)cc1. The van der Waals surface area contributed by atoms with E-state index in [0.717, 1.165) is 14.2 Å². The van der Waals surface area contributed by atoms with Gasteiger partial charge in [0.1, 0.15) is 6.61 Å². The van der Waals surface area contributed by atoms with Crippen LogP contribution in [0.25, 0.3) is 0 Å². The number of thiophene rings is 1. The summed E-state index contributed by atoms with van der Waals surface area (Å²) in [4.78, 5) is 23.5. The first-order chi connectivity index (χ1) is 10.0. The third-order valence-corrected chi connectivity index (χ3v) is 4.23. The molecule has 5 nitrogen and oxygen atoms in total. The van der Waals surface area contributed by atoms with E-state index >= 15 is 0 Å². The molecule has 0 fully saturated rings. The Morgan fingerprint density at radius 3 is 2.48 bits per heavy atom. The molecule has 2 amide bonds. The fourth-order valence-electron chi connectivity index (χ4n) is 1.60. The highest BCUT2D eigenvalue weighted by atomic mass is 79.9. The molecule has 0 spiro atoms. The number of ether oxygens (including phenoxy) is 1. The molecule has 1 heterocycles. The number of rotatable bonds is 5. The number of nitrogens with two attached hydrogens (primary N) is 1. The first-order valence-electron chi connectivity index (χ1n) is 6.08. The van der Waals surface area contributed by atoms with E-state index in [4.69, 9.17) is 10.5 Å². The van der Waals surface area contributed by atoms with Crippen molar-refractivity contribution in [1.29, 1.82) is 0 Å². The molecule has 0 bridgehead atoms. The fourth-order valence-corrected chi connectivity index (χ4v) is 2.99. The van der Waals surface area contributed by atoms with Gasteiger partial charge in [-0.1, -0.05) is 12.1 Å². The van der Waals surface area contributed by atoms with Gasteiger partial charge in [0.05, 0.1) is 9.35 Å². The van der Waals surface area contributed by atoms with Crippen LogP contribution in [0.3, 0.4) is 0 Å². The average Bonchev–Trinajstić information content (AvgIpc) is 2.89. The molecule has 2 aromatic rings. The number of amides is 2. The van der Waals surface area contributed by atoms with Gasteiger partial charge in [-0.15, -0.1) is 11.3 Å². The molecular weight excluding hydrogens is 356 g/mol. The summed E-state index contributed by atoms with van der Waals surface area (Å²) in [5.74, 6) is -0.381. The van der Waals surface area contributed by atoms with Crippen molar-refractivity contribution in [3.63, 3.8) is 0 Å². The molecule has 0 saturated carbocycles. The quantitative estimate of drug-likeness (QED) is 0.795. The molecule has 2 rings (SSSR count). The summed E-state index contributed by atoms with van der Waals surface area (Å²) in [5.41, 5.74) is 6.31. The molecule has 3 N–H and O–H groups in total. The van der Waals surface area contributed by atoms with Gasteiger partial charge in [0.15, 0.2) is 0 Å². The molecule has 110 valence electrons. The Morgan fingerprint density at radius 2 is 1.90 bits per heavy atom. The number of esters is 1. The van der Waals surface area contributed by atoms with Crippen LogP contribution >= 0.6 is 27.3 Å². The second-order valence-electron chi connectivity index (χ2n) is 4.20. The van der Waals surface area contributed by atoms with Crippen molar-refractivity contribution >= 4 is 39.3 Å². The summed E-state index contributed by atoms with van der Waals surface area (Å²) in [7, 11) is 0. The van der Waals surface area contributed by atoms with Crippen molar-refractivity contribution in [3.8, 4) is 0 Å². The topological polar surface area (TPSA) is 81.4 Å². The maximum atomic E-state index is 11.9. The monoisotopic (exact) mass is 368 g/mol. The van der Waals surface area contributed by atoms with Gasteiger partial charge in [0, 0.05) is 11.4 Å². The molecule has 0 aliphatic heterocycles. The number of nitrogens with one attached hydrogen (secondary N) is 1. The normalized spacial score (nSPS) is 10.1. The Hall–Kier alpha value is -1.86. The molecule has 1 aromatic heterocycles. The lowest BCUT2D eigenvalue weighted by atomic mass is 10.1. The van der Waals surface area contributed by atoms with Crippen molar-refractivity contribution in [2.75, 3.05) is 0 Å². The van der Waals surface area contributed by atoms with Crippen LogP contribution in [0.15, 0.2) is 40.2 Å². The Kier molecular flexibility index (Phi) is 5.35. The van der Waals surface area contributed by atoms with Crippen LogP contribution in [-0.4, -0.2) is 12.0 Å². The summed E-state index contributed by atoms with van der Waals surface area (Å²) >= 11 is 4.88. The first kappa shape index (κ1) is 15.5. The Balaban J connectivity index is 1.88. The van der Waals surface area contributed by atoms with Crippen molar-refractivity contribution in [3.05, 3.63) is 56.2 Å². The van der Waals surface area contributed by atoms with Gasteiger partial charge in [0.25, 0.3) is 0 Å². The van der Waals surface area contributed by atoms with E-state index in [2.05, 4.69) is 21.2 Å². The maximum absolute atomic E-state index is 11.9. The van der Waals surface area contributed by atoms with E-state index in [-0.39, 0.29) is 12.6 Å². The molecule has 0 aliphatic carbocycles. The number of carbonyl (C=O) groups excluding carboxylic acids is 2. The zero-order chi connectivity index (χ0) is 15.2. The van der Waals surface area contributed by atoms with Crippen molar-refractivity contribution in [2.45, 2.75) is 13.2 Å². The van der Waals surface area contributed by atoms with Gasteiger partial charge in [-0.2, -0.15) is 0 Å². The maximum Gasteiger partial charge on any atom is 0.338 e. The van der Waals surface area contributed by atoms with Crippen molar-refractivity contribution in [1.82, 2.24) is 5.32 Å². The van der Waals surface area contributed by atoms with Crippen molar-refractivity contribution in [2.24, 2.45) is 5.73 Å². The van der Waals surface area contributed by atoms with Gasteiger partial charge in [-0.05, 0) is 45.8 Å². The minimum absolute atomic E-state index is 0.250. The third kappa shape index (κ3) is 4.87. The Bertz CT molecular complexity index is 640. The lowest BCUT2D eigenvalue weighted by Crippen LogP contribution is -2.28. The number of carbonyl (C=O) groups is 2. The summed E-state index contributed by atoms with van der Waals surface area (Å²) in [6.07, 6.45) is 0. The van der Waals surface area contributed by atoms with Crippen LogP contribution < -0.4 is 11.1 Å². The minimum Gasteiger partial charge on any atom is -0.456 e. The third-order valence-electron chi connectivity index (χ3n) is 2.63. The van der Waals surface area contributed by atoms with Gasteiger partial charge >= 0.3 is 12.0 Å². The summed E-state index contributed by atoms with van der Waals surface area (Å²) < 4.78 is 6.23. The van der Waals surface area contributed by atoms with E-state index in [1.807, 2.05) is 12.1 Å². The Labute approximate surface area is 134 Å². The first-order valence-corrected chi connectivity index (χ1v) is 7.69. The summed E-state index contributed by atoms with van der Waals surface area (Å²) in [5, 5.41) is 2.48.